The zero-order chi connectivity index (χ0) is 25.8. The van der Waals surface area contributed by atoms with Crippen molar-refractivity contribution in [3.05, 3.63) is 46.9 Å². The normalized spacial score (nSPS) is 19.5. The topological polar surface area (TPSA) is 94.2 Å². The number of urea groups is 2. The van der Waals surface area contributed by atoms with Crippen LogP contribution in [0.3, 0.4) is 0 Å². The molecule has 1 fully saturated rings. The third kappa shape index (κ3) is 6.50. The van der Waals surface area contributed by atoms with E-state index in [0.717, 1.165) is 0 Å². The van der Waals surface area contributed by atoms with E-state index in [1.807, 2.05) is 27.7 Å². The largest absolute Gasteiger partial charge is 0.463 e. The fraction of sp³-hybridized carbons (Fsp3) is 0.560. The van der Waals surface area contributed by atoms with Crippen LogP contribution >= 0.6 is 0 Å². The summed E-state index contributed by atoms with van der Waals surface area (Å²) in [5, 5.41) is 5.82. The number of halogens is 1. The smallest absolute Gasteiger partial charge is 0.338 e. The molecule has 0 saturated carbocycles. The number of piperazine rings is 1. The van der Waals surface area contributed by atoms with Crippen LogP contribution in [0.15, 0.2) is 35.5 Å². The van der Waals surface area contributed by atoms with Crippen LogP contribution in [0.5, 0.6) is 0 Å². The molecule has 2 heterocycles. The van der Waals surface area contributed by atoms with Gasteiger partial charge in [-0.3, -0.25) is 9.80 Å². The first-order valence-corrected chi connectivity index (χ1v) is 12.1. The Labute approximate surface area is 206 Å². The van der Waals surface area contributed by atoms with Gasteiger partial charge in [0.2, 0.25) is 0 Å². The van der Waals surface area contributed by atoms with E-state index in [2.05, 4.69) is 15.5 Å². The van der Waals surface area contributed by atoms with Crippen molar-refractivity contribution >= 4 is 18.0 Å². The first-order chi connectivity index (χ1) is 16.5. The van der Waals surface area contributed by atoms with Gasteiger partial charge in [-0.2, -0.15) is 0 Å². The van der Waals surface area contributed by atoms with E-state index in [1.54, 1.807) is 24.0 Å². The Hall–Kier alpha value is -3.14. The third-order valence-electron chi connectivity index (χ3n) is 5.95. The standard InChI is InChI=1S/C25H36FN5O4/c1-6-31-19(16-29-11-13-30(14-12-29)24(34)28-25(3,4)5)20(22(32)35-7-2)21(27-23(31)33)17-9-8-10-18(26)15-17/h8-10,15,21H,6-7,11-14,16H2,1-5H3,(H,27,33)(H,28,34)/t21-/m1/s1. The zero-order valence-corrected chi connectivity index (χ0v) is 21.2. The predicted octanol–water partition coefficient (Wildman–Crippen LogP) is 2.85. The highest BCUT2D eigenvalue weighted by Gasteiger charge is 2.38. The Morgan fingerprint density at radius 3 is 2.43 bits per heavy atom. The minimum Gasteiger partial charge on any atom is -0.463 e. The molecule has 1 atom stereocenters. The van der Waals surface area contributed by atoms with Crippen LogP contribution in [-0.4, -0.2) is 84.1 Å². The molecule has 1 aromatic carbocycles. The zero-order valence-electron chi connectivity index (χ0n) is 21.2. The summed E-state index contributed by atoms with van der Waals surface area (Å²) in [5.41, 5.74) is 0.984. The Bertz CT molecular complexity index is 982. The number of rotatable bonds is 6. The van der Waals surface area contributed by atoms with E-state index < -0.39 is 17.8 Å². The maximum absolute atomic E-state index is 14.0. The summed E-state index contributed by atoms with van der Waals surface area (Å²) >= 11 is 0. The number of nitrogens with one attached hydrogen (secondary N) is 2. The number of carbonyl (C=O) groups excluding carboxylic acids is 3. The summed E-state index contributed by atoms with van der Waals surface area (Å²) in [6.45, 7) is 12.4. The summed E-state index contributed by atoms with van der Waals surface area (Å²) in [6, 6.07) is 4.57. The minimum absolute atomic E-state index is 0.109. The molecule has 0 bridgehead atoms. The average molecular weight is 490 g/mol. The molecule has 2 N–H and O–H groups in total. The summed E-state index contributed by atoms with van der Waals surface area (Å²) in [5.74, 6) is -0.998. The van der Waals surface area contributed by atoms with Gasteiger partial charge < -0.3 is 20.3 Å². The number of benzene rings is 1. The summed E-state index contributed by atoms with van der Waals surface area (Å²) in [4.78, 5) is 44.1. The number of ether oxygens (including phenoxy) is 1. The van der Waals surface area contributed by atoms with Crippen LogP contribution in [-0.2, 0) is 9.53 Å². The highest BCUT2D eigenvalue weighted by atomic mass is 19.1. The second kappa shape index (κ2) is 11.1. The Morgan fingerprint density at radius 1 is 1.17 bits per heavy atom. The quantitative estimate of drug-likeness (QED) is 0.600. The summed E-state index contributed by atoms with van der Waals surface area (Å²) < 4.78 is 19.4. The van der Waals surface area contributed by atoms with E-state index in [0.29, 0.717) is 56.1 Å². The molecule has 0 unspecified atom stereocenters. The molecule has 9 nitrogen and oxygen atoms in total. The van der Waals surface area contributed by atoms with Gasteiger partial charge in [0, 0.05) is 50.5 Å². The highest BCUT2D eigenvalue weighted by molar-refractivity contribution is 5.95. The maximum Gasteiger partial charge on any atom is 0.338 e. The maximum atomic E-state index is 14.0. The van der Waals surface area contributed by atoms with Gasteiger partial charge in [0.05, 0.1) is 18.2 Å². The summed E-state index contributed by atoms with van der Waals surface area (Å²) in [6.07, 6.45) is 0. The van der Waals surface area contributed by atoms with E-state index in [-0.39, 0.29) is 24.2 Å². The predicted molar refractivity (Wildman–Crippen MR) is 130 cm³/mol. The lowest BCUT2D eigenvalue weighted by Crippen LogP contribution is -2.56. The number of amides is 4. The van der Waals surface area contributed by atoms with E-state index in [1.165, 1.54) is 17.0 Å². The van der Waals surface area contributed by atoms with E-state index in [4.69, 9.17) is 4.74 Å². The number of nitrogens with zero attached hydrogens (tertiary/aromatic N) is 3. The van der Waals surface area contributed by atoms with Crippen LogP contribution in [0.2, 0.25) is 0 Å². The summed E-state index contributed by atoms with van der Waals surface area (Å²) in [7, 11) is 0. The van der Waals surface area contributed by atoms with Gasteiger partial charge in [-0.05, 0) is 52.3 Å². The molecule has 192 valence electrons. The molecule has 1 aromatic rings. The second-order valence-electron chi connectivity index (χ2n) is 9.71. The third-order valence-corrected chi connectivity index (χ3v) is 5.95. The fourth-order valence-electron chi connectivity index (χ4n) is 4.31. The van der Waals surface area contributed by atoms with Crippen LogP contribution < -0.4 is 10.6 Å². The van der Waals surface area contributed by atoms with Gasteiger partial charge in [0.1, 0.15) is 5.82 Å². The van der Waals surface area contributed by atoms with Gasteiger partial charge in [0.25, 0.3) is 0 Å². The lowest BCUT2D eigenvalue weighted by molar-refractivity contribution is -0.139. The molecular weight excluding hydrogens is 453 g/mol. The SMILES string of the molecule is CCOC(=O)C1=C(CN2CCN(C(=O)NC(C)(C)C)CC2)N(CC)C(=O)N[C@@H]1c1cccc(F)c1. The first-order valence-electron chi connectivity index (χ1n) is 12.1. The van der Waals surface area contributed by atoms with Crippen LogP contribution in [0, 0.1) is 5.82 Å². The molecule has 0 aliphatic carbocycles. The van der Waals surface area contributed by atoms with Crippen molar-refractivity contribution in [1.29, 1.82) is 0 Å². The average Bonchev–Trinajstić information content (AvgIpc) is 2.78. The second-order valence-corrected chi connectivity index (χ2v) is 9.71. The van der Waals surface area contributed by atoms with Gasteiger partial charge in [-0.25, -0.2) is 18.8 Å². The van der Waals surface area contributed by atoms with Crippen molar-refractivity contribution in [2.24, 2.45) is 0 Å². The highest BCUT2D eigenvalue weighted by Crippen LogP contribution is 2.32. The first kappa shape index (κ1) is 26.5. The van der Waals surface area contributed by atoms with Crippen molar-refractivity contribution in [3.8, 4) is 0 Å². The lowest BCUT2D eigenvalue weighted by atomic mass is 9.94. The monoisotopic (exact) mass is 489 g/mol. The lowest BCUT2D eigenvalue weighted by Gasteiger charge is -2.40. The Morgan fingerprint density at radius 2 is 1.86 bits per heavy atom. The molecule has 0 aromatic heterocycles. The number of hydrogen-bond acceptors (Lipinski definition) is 5. The molecule has 3 rings (SSSR count). The molecule has 0 spiro atoms. The van der Waals surface area contributed by atoms with E-state index >= 15 is 0 Å². The number of likely N-dealkylation sites (N-methyl/N-ethyl adjacent to an activating group) is 1. The van der Waals surface area contributed by atoms with Crippen molar-refractivity contribution in [3.63, 3.8) is 0 Å². The van der Waals surface area contributed by atoms with Crippen LogP contribution in [0.4, 0.5) is 14.0 Å². The van der Waals surface area contributed by atoms with Crippen LogP contribution in [0.25, 0.3) is 0 Å². The van der Waals surface area contributed by atoms with Gasteiger partial charge >= 0.3 is 18.0 Å². The minimum atomic E-state index is -0.825. The van der Waals surface area contributed by atoms with Crippen LogP contribution in [0.1, 0.15) is 46.2 Å². The molecule has 10 heteroatoms. The Kier molecular flexibility index (Phi) is 8.37. The number of carbonyl (C=O) groups is 3. The van der Waals surface area contributed by atoms with Crippen molar-refractivity contribution < 1.29 is 23.5 Å². The fourth-order valence-corrected chi connectivity index (χ4v) is 4.31. The van der Waals surface area contributed by atoms with Gasteiger partial charge in [0.15, 0.2) is 0 Å². The van der Waals surface area contributed by atoms with Crippen molar-refractivity contribution in [1.82, 2.24) is 25.3 Å². The molecule has 4 amide bonds. The van der Waals surface area contributed by atoms with Crippen molar-refractivity contribution in [2.75, 3.05) is 45.9 Å². The van der Waals surface area contributed by atoms with Gasteiger partial charge in [-0.15, -0.1) is 0 Å². The number of hydrogen-bond donors (Lipinski definition) is 2. The molecule has 2 aliphatic rings. The van der Waals surface area contributed by atoms with Crippen molar-refractivity contribution in [2.45, 2.75) is 46.2 Å². The number of esters is 1. The molecule has 2 aliphatic heterocycles. The Balaban J connectivity index is 1.89. The van der Waals surface area contributed by atoms with Gasteiger partial charge in [-0.1, -0.05) is 12.1 Å². The van der Waals surface area contributed by atoms with E-state index in [9.17, 15) is 18.8 Å². The molecule has 35 heavy (non-hydrogen) atoms. The molecule has 0 radical (unpaired) electrons. The molecular formula is C25H36FN5O4. The molecule has 1 saturated heterocycles.